The van der Waals surface area contributed by atoms with E-state index in [1.807, 2.05) is 0 Å². The fourth-order valence-electron chi connectivity index (χ4n) is 3.46. The average molecular weight is 472 g/mol. The lowest BCUT2D eigenvalue weighted by atomic mass is 10.2. The fourth-order valence-corrected chi connectivity index (χ4v) is 5.16. The number of carbonyl (C=O) groups is 1. The molecule has 1 fully saturated rings. The summed E-state index contributed by atoms with van der Waals surface area (Å²) in [4.78, 5) is 22.8. The van der Waals surface area contributed by atoms with Crippen LogP contribution < -0.4 is 0 Å². The molecule has 1 saturated heterocycles. The predicted octanol–water partition coefficient (Wildman–Crippen LogP) is 3.18. The normalized spacial score (nSPS) is 14.7. The van der Waals surface area contributed by atoms with E-state index < -0.39 is 20.9 Å². The molecule has 12 heteroatoms. The van der Waals surface area contributed by atoms with Crippen LogP contribution in [0.1, 0.15) is 35.5 Å². The number of hydrogen-bond donors (Lipinski definition) is 0. The van der Waals surface area contributed by atoms with Crippen LogP contribution in [0.4, 0.5) is 5.69 Å². The number of nitro benzene ring substituents is 1. The Hall–Kier alpha value is -3.64. The summed E-state index contributed by atoms with van der Waals surface area (Å²) >= 11 is 0. The summed E-state index contributed by atoms with van der Waals surface area (Å²) in [5.74, 6) is -0.738. The summed E-state index contributed by atoms with van der Waals surface area (Å²) in [5.41, 5.74) is 0.312. The molecule has 172 valence electrons. The third kappa shape index (κ3) is 4.91. The van der Waals surface area contributed by atoms with Crippen LogP contribution in [0, 0.1) is 10.1 Å². The molecular weight excluding hydrogens is 452 g/mol. The third-order valence-corrected chi connectivity index (χ3v) is 7.12. The minimum atomic E-state index is -3.83. The first-order valence-corrected chi connectivity index (χ1v) is 11.6. The molecule has 0 bridgehead atoms. The largest absolute Gasteiger partial charge is 0.452 e. The predicted molar refractivity (Wildman–Crippen MR) is 115 cm³/mol. The van der Waals surface area contributed by atoms with Crippen LogP contribution in [-0.2, 0) is 21.4 Å². The lowest BCUT2D eigenvalue weighted by molar-refractivity contribution is -0.384. The molecule has 0 radical (unpaired) electrons. The minimum Gasteiger partial charge on any atom is -0.452 e. The number of benzene rings is 2. The number of rotatable bonds is 7. The van der Waals surface area contributed by atoms with Crippen molar-refractivity contribution in [3.8, 4) is 11.5 Å². The second-order valence-corrected chi connectivity index (χ2v) is 9.25. The van der Waals surface area contributed by atoms with E-state index in [4.69, 9.17) is 9.15 Å². The zero-order valence-corrected chi connectivity index (χ0v) is 18.2. The van der Waals surface area contributed by atoms with Gasteiger partial charge in [0.05, 0.1) is 15.4 Å². The van der Waals surface area contributed by atoms with E-state index in [1.165, 1.54) is 40.7 Å². The fraction of sp³-hybridized carbons (Fsp3) is 0.286. The standard InChI is InChI=1S/C21H20N4O7S/c26-21(17-6-2-3-7-18(17)33(29,30)24-12-4-1-5-13-24)31-14-19-22-23-20(32-19)15-8-10-16(11-9-15)25(27)28/h2-3,6-11H,1,4-5,12-14H2. The van der Waals surface area contributed by atoms with Gasteiger partial charge in [0.2, 0.25) is 15.9 Å². The Kier molecular flexibility index (Phi) is 6.47. The summed E-state index contributed by atoms with van der Waals surface area (Å²) in [6, 6.07) is 11.4. The Morgan fingerprint density at radius 2 is 1.76 bits per heavy atom. The Labute approximate surface area is 189 Å². The number of sulfonamides is 1. The Balaban J connectivity index is 1.46. The highest BCUT2D eigenvalue weighted by Gasteiger charge is 2.30. The molecule has 1 aromatic heterocycles. The maximum atomic E-state index is 13.0. The highest BCUT2D eigenvalue weighted by Crippen LogP contribution is 2.25. The number of piperidine rings is 1. The number of hydrogen-bond acceptors (Lipinski definition) is 9. The molecule has 33 heavy (non-hydrogen) atoms. The van der Waals surface area contributed by atoms with Gasteiger partial charge in [0.1, 0.15) is 0 Å². The van der Waals surface area contributed by atoms with Crippen molar-refractivity contribution < 1.29 is 27.3 Å². The van der Waals surface area contributed by atoms with Crippen LogP contribution in [0.15, 0.2) is 57.8 Å². The first kappa shape index (κ1) is 22.6. The van der Waals surface area contributed by atoms with Gasteiger partial charge in [0.15, 0.2) is 6.61 Å². The summed E-state index contributed by atoms with van der Waals surface area (Å²) in [7, 11) is -3.83. The van der Waals surface area contributed by atoms with Crippen molar-refractivity contribution in [1.82, 2.24) is 14.5 Å². The molecule has 11 nitrogen and oxygen atoms in total. The second kappa shape index (κ2) is 9.46. The van der Waals surface area contributed by atoms with Crippen LogP contribution in [0.2, 0.25) is 0 Å². The molecule has 1 aliphatic heterocycles. The topological polar surface area (TPSA) is 146 Å². The summed E-state index contributed by atoms with van der Waals surface area (Å²) in [6.07, 6.45) is 2.53. The monoisotopic (exact) mass is 472 g/mol. The number of nitrogens with zero attached hydrogens (tertiary/aromatic N) is 4. The number of carbonyl (C=O) groups excluding carboxylic acids is 1. The van der Waals surface area contributed by atoms with Gasteiger partial charge in [-0.25, -0.2) is 13.2 Å². The zero-order valence-electron chi connectivity index (χ0n) is 17.4. The van der Waals surface area contributed by atoms with Gasteiger partial charge in [0, 0.05) is 30.8 Å². The molecule has 2 heterocycles. The van der Waals surface area contributed by atoms with Gasteiger partial charge >= 0.3 is 5.97 Å². The van der Waals surface area contributed by atoms with E-state index in [2.05, 4.69) is 10.2 Å². The zero-order chi connectivity index (χ0) is 23.4. The van der Waals surface area contributed by atoms with Crippen molar-refractivity contribution in [1.29, 1.82) is 0 Å². The average Bonchev–Trinajstić information content (AvgIpc) is 3.32. The van der Waals surface area contributed by atoms with E-state index in [1.54, 1.807) is 12.1 Å². The van der Waals surface area contributed by atoms with Crippen molar-refractivity contribution in [2.75, 3.05) is 13.1 Å². The van der Waals surface area contributed by atoms with Crippen molar-refractivity contribution >= 4 is 21.7 Å². The van der Waals surface area contributed by atoms with Crippen molar-refractivity contribution in [2.45, 2.75) is 30.8 Å². The van der Waals surface area contributed by atoms with Crippen LogP contribution in [0.25, 0.3) is 11.5 Å². The van der Waals surface area contributed by atoms with Crippen LogP contribution >= 0.6 is 0 Å². The SMILES string of the molecule is O=C(OCc1nnc(-c2ccc([N+](=O)[O-])cc2)o1)c1ccccc1S(=O)(=O)N1CCCCC1. The molecule has 0 aliphatic carbocycles. The number of aromatic nitrogens is 2. The first-order valence-electron chi connectivity index (χ1n) is 10.2. The van der Waals surface area contributed by atoms with E-state index >= 15 is 0 Å². The van der Waals surface area contributed by atoms with Crippen LogP contribution in [-0.4, -0.2) is 46.9 Å². The van der Waals surface area contributed by atoms with Crippen molar-refractivity contribution in [2.24, 2.45) is 0 Å². The van der Waals surface area contributed by atoms with Crippen molar-refractivity contribution in [3.05, 3.63) is 70.1 Å². The van der Waals surface area contributed by atoms with Crippen LogP contribution in [0.3, 0.4) is 0 Å². The van der Waals surface area contributed by atoms with E-state index in [9.17, 15) is 23.3 Å². The molecule has 0 N–H and O–H groups in total. The molecule has 0 spiro atoms. The Morgan fingerprint density at radius 1 is 1.06 bits per heavy atom. The molecule has 3 aromatic rings. The lowest BCUT2D eigenvalue weighted by Gasteiger charge is -2.26. The minimum absolute atomic E-state index is 0.00642. The molecule has 1 aliphatic rings. The molecule has 2 aromatic carbocycles. The molecule has 0 atom stereocenters. The number of nitro groups is 1. The van der Waals surface area contributed by atoms with E-state index in [0.717, 1.165) is 19.3 Å². The maximum Gasteiger partial charge on any atom is 0.340 e. The van der Waals surface area contributed by atoms with Crippen LogP contribution in [0.5, 0.6) is 0 Å². The number of non-ortho nitro benzene ring substituents is 1. The van der Waals surface area contributed by atoms with Crippen molar-refractivity contribution in [3.63, 3.8) is 0 Å². The molecule has 0 saturated carbocycles. The first-order chi connectivity index (χ1) is 15.9. The molecular formula is C21H20N4O7S. The van der Waals surface area contributed by atoms with Gasteiger partial charge in [-0.3, -0.25) is 10.1 Å². The summed E-state index contributed by atoms with van der Waals surface area (Å²) < 4.78 is 38.2. The van der Waals surface area contributed by atoms with E-state index in [-0.39, 0.29) is 34.5 Å². The lowest BCUT2D eigenvalue weighted by Crippen LogP contribution is -2.36. The van der Waals surface area contributed by atoms with Gasteiger partial charge in [-0.1, -0.05) is 18.6 Å². The molecule has 0 unspecified atom stereocenters. The summed E-state index contributed by atoms with van der Waals surface area (Å²) in [6.45, 7) is 0.467. The highest BCUT2D eigenvalue weighted by atomic mass is 32.2. The van der Waals surface area contributed by atoms with Gasteiger partial charge in [-0.2, -0.15) is 4.31 Å². The number of esters is 1. The van der Waals surface area contributed by atoms with Gasteiger partial charge in [0.25, 0.3) is 11.6 Å². The Morgan fingerprint density at radius 3 is 2.45 bits per heavy atom. The Bertz CT molecular complexity index is 1270. The second-order valence-electron chi connectivity index (χ2n) is 7.34. The third-order valence-electron chi connectivity index (χ3n) is 5.16. The van der Waals surface area contributed by atoms with Gasteiger partial charge < -0.3 is 9.15 Å². The highest BCUT2D eigenvalue weighted by molar-refractivity contribution is 7.89. The van der Waals surface area contributed by atoms with Gasteiger partial charge in [-0.05, 0) is 37.1 Å². The maximum absolute atomic E-state index is 13.0. The van der Waals surface area contributed by atoms with Gasteiger partial charge in [-0.15, -0.1) is 10.2 Å². The molecule has 4 rings (SSSR count). The summed E-state index contributed by atoms with van der Waals surface area (Å²) in [5, 5.41) is 18.4. The number of ether oxygens (including phenoxy) is 1. The smallest absolute Gasteiger partial charge is 0.340 e. The molecule has 0 amide bonds. The van der Waals surface area contributed by atoms with E-state index in [0.29, 0.717) is 18.7 Å². The quantitative estimate of drug-likeness (QED) is 0.287.